The number of carbonyl (C=O) groups is 2. The Balaban J connectivity index is 1.88. The molecular formula is C20H21FN4O4S2. The molecule has 1 aromatic heterocycles. The number of benzene rings is 2. The number of hydrogen-bond donors (Lipinski definition) is 2. The zero-order valence-corrected chi connectivity index (χ0v) is 18.7. The van der Waals surface area contributed by atoms with Gasteiger partial charge in [0.2, 0.25) is 15.9 Å². The summed E-state index contributed by atoms with van der Waals surface area (Å²) in [5.74, 6) is -1.86. The molecule has 2 amide bonds. The predicted octanol–water partition coefficient (Wildman–Crippen LogP) is 3.68. The van der Waals surface area contributed by atoms with Crippen molar-refractivity contribution in [3.63, 3.8) is 0 Å². The number of amides is 2. The van der Waals surface area contributed by atoms with Gasteiger partial charge in [0.05, 0.1) is 20.7 Å². The van der Waals surface area contributed by atoms with E-state index in [-0.39, 0.29) is 29.5 Å². The van der Waals surface area contributed by atoms with Crippen LogP contribution in [-0.2, 0) is 14.8 Å². The summed E-state index contributed by atoms with van der Waals surface area (Å²) in [6.07, 6.45) is 0. The molecule has 0 radical (unpaired) electrons. The van der Waals surface area contributed by atoms with E-state index in [9.17, 15) is 22.4 Å². The summed E-state index contributed by atoms with van der Waals surface area (Å²) in [5.41, 5.74) is 0.633. The van der Waals surface area contributed by atoms with Crippen molar-refractivity contribution in [3.05, 3.63) is 47.8 Å². The van der Waals surface area contributed by atoms with E-state index in [1.807, 2.05) is 0 Å². The Kier molecular flexibility index (Phi) is 6.68. The van der Waals surface area contributed by atoms with Gasteiger partial charge in [0.1, 0.15) is 5.82 Å². The van der Waals surface area contributed by atoms with Crippen molar-refractivity contribution < 1.29 is 22.4 Å². The first kappa shape index (κ1) is 22.8. The zero-order valence-electron chi connectivity index (χ0n) is 17.1. The van der Waals surface area contributed by atoms with Crippen molar-refractivity contribution in [2.45, 2.75) is 25.7 Å². The Morgan fingerprint density at radius 2 is 1.81 bits per heavy atom. The number of halogens is 1. The molecule has 0 spiro atoms. The second kappa shape index (κ2) is 9.08. The zero-order chi connectivity index (χ0) is 22.8. The number of aromatic nitrogens is 1. The molecule has 0 saturated carbocycles. The molecule has 0 fully saturated rings. The lowest BCUT2D eigenvalue weighted by molar-refractivity contribution is -0.114. The number of thiazole rings is 1. The minimum atomic E-state index is -3.84. The fourth-order valence-corrected chi connectivity index (χ4v) is 5.39. The third-order valence-corrected chi connectivity index (χ3v) is 7.43. The quantitative estimate of drug-likeness (QED) is 0.555. The summed E-state index contributed by atoms with van der Waals surface area (Å²) in [6.45, 7) is 5.29. The van der Waals surface area contributed by atoms with Gasteiger partial charge < -0.3 is 10.6 Å². The lowest BCUT2D eigenvalue weighted by atomic mass is 10.2. The first-order valence-electron chi connectivity index (χ1n) is 9.45. The molecule has 3 aromatic rings. The van der Waals surface area contributed by atoms with E-state index in [1.165, 1.54) is 22.6 Å². The molecule has 0 bridgehead atoms. The summed E-state index contributed by atoms with van der Waals surface area (Å²) >= 11 is 1.23. The van der Waals surface area contributed by atoms with E-state index in [4.69, 9.17) is 0 Å². The molecule has 164 valence electrons. The number of hydrogen-bond acceptors (Lipinski definition) is 6. The standard InChI is InChI=1S/C20H21FN4O4S2/c1-4-25(5-2)31(28,29)14-7-8-16(21)15(11-14)19(27)23-13-6-9-17-18(10-13)30-20(24-17)22-12(3)26/h6-11H,4-5H2,1-3H3,(H,23,27)(H,22,24,26). The van der Waals surface area contributed by atoms with Crippen LogP contribution in [0.15, 0.2) is 41.3 Å². The van der Waals surface area contributed by atoms with Gasteiger partial charge in [-0.15, -0.1) is 0 Å². The van der Waals surface area contributed by atoms with Gasteiger partial charge >= 0.3 is 0 Å². The van der Waals surface area contributed by atoms with Crippen molar-refractivity contribution >= 4 is 54.2 Å². The van der Waals surface area contributed by atoms with Gasteiger partial charge in [-0.3, -0.25) is 9.59 Å². The molecule has 2 aromatic carbocycles. The SMILES string of the molecule is CCN(CC)S(=O)(=O)c1ccc(F)c(C(=O)Nc2ccc3nc(NC(C)=O)sc3c2)c1. The fraction of sp³-hybridized carbons (Fsp3) is 0.250. The molecule has 2 N–H and O–H groups in total. The monoisotopic (exact) mass is 464 g/mol. The van der Waals surface area contributed by atoms with Gasteiger partial charge in [0, 0.05) is 25.7 Å². The van der Waals surface area contributed by atoms with E-state index in [1.54, 1.807) is 32.0 Å². The van der Waals surface area contributed by atoms with E-state index in [0.29, 0.717) is 21.0 Å². The second-order valence-corrected chi connectivity index (χ2v) is 9.54. The van der Waals surface area contributed by atoms with Crippen LogP contribution in [0.5, 0.6) is 0 Å². The predicted molar refractivity (Wildman–Crippen MR) is 118 cm³/mol. The van der Waals surface area contributed by atoms with Gasteiger partial charge in [-0.25, -0.2) is 17.8 Å². The van der Waals surface area contributed by atoms with Crippen LogP contribution in [0.4, 0.5) is 15.2 Å². The summed E-state index contributed by atoms with van der Waals surface area (Å²) in [5, 5.41) is 5.60. The van der Waals surface area contributed by atoms with Crippen molar-refractivity contribution in [3.8, 4) is 0 Å². The molecule has 0 unspecified atom stereocenters. The Hall–Kier alpha value is -2.89. The lowest BCUT2D eigenvalue weighted by Crippen LogP contribution is -2.31. The van der Waals surface area contributed by atoms with E-state index in [0.717, 1.165) is 18.2 Å². The van der Waals surface area contributed by atoms with Crippen LogP contribution in [0.25, 0.3) is 10.2 Å². The Morgan fingerprint density at radius 1 is 1.10 bits per heavy atom. The Bertz CT molecular complexity index is 1250. The highest BCUT2D eigenvalue weighted by atomic mass is 32.2. The molecule has 0 aliphatic heterocycles. The maximum absolute atomic E-state index is 14.3. The smallest absolute Gasteiger partial charge is 0.258 e. The number of carbonyl (C=O) groups excluding carboxylic acids is 2. The fourth-order valence-electron chi connectivity index (χ4n) is 2.96. The van der Waals surface area contributed by atoms with Gasteiger partial charge in [0.15, 0.2) is 5.13 Å². The van der Waals surface area contributed by atoms with Gasteiger partial charge in [-0.1, -0.05) is 25.2 Å². The van der Waals surface area contributed by atoms with Gasteiger partial charge in [-0.2, -0.15) is 4.31 Å². The van der Waals surface area contributed by atoms with Crippen molar-refractivity contribution in [1.82, 2.24) is 9.29 Å². The largest absolute Gasteiger partial charge is 0.322 e. The number of anilines is 2. The normalized spacial score (nSPS) is 11.6. The Labute approximate surface area is 183 Å². The van der Waals surface area contributed by atoms with Crippen LogP contribution < -0.4 is 10.6 Å². The van der Waals surface area contributed by atoms with Crippen LogP contribution in [-0.4, -0.2) is 42.6 Å². The summed E-state index contributed by atoms with van der Waals surface area (Å²) in [7, 11) is -3.84. The van der Waals surface area contributed by atoms with Crippen LogP contribution >= 0.6 is 11.3 Å². The molecule has 11 heteroatoms. The molecular weight excluding hydrogens is 443 g/mol. The lowest BCUT2D eigenvalue weighted by Gasteiger charge is -2.19. The number of sulfonamides is 1. The Morgan fingerprint density at radius 3 is 2.45 bits per heavy atom. The van der Waals surface area contributed by atoms with Gasteiger partial charge in [-0.05, 0) is 36.4 Å². The molecule has 3 rings (SSSR count). The van der Waals surface area contributed by atoms with E-state index in [2.05, 4.69) is 15.6 Å². The van der Waals surface area contributed by atoms with E-state index < -0.39 is 21.7 Å². The highest BCUT2D eigenvalue weighted by molar-refractivity contribution is 7.89. The third-order valence-electron chi connectivity index (χ3n) is 4.45. The van der Waals surface area contributed by atoms with Crippen LogP contribution in [0, 0.1) is 5.82 Å². The number of nitrogens with one attached hydrogen (secondary N) is 2. The molecule has 31 heavy (non-hydrogen) atoms. The van der Waals surface area contributed by atoms with Crippen LogP contribution in [0.1, 0.15) is 31.1 Å². The molecule has 0 saturated heterocycles. The second-order valence-electron chi connectivity index (χ2n) is 6.57. The van der Waals surface area contributed by atoms with Crippen LogP contribution in [0.2, 0.25) is 0 Å². The minimum absolute atomic E-state index is 0.152. The molecule has 8 nitrogen and oxygen atoms in total. The first-order valence-corrected chi connectivity index (χ1v) is 11.7. The molecule has 1 heterocycles. The average molecular weight is 465 g/mol. The third kappa shape index (κ3) is 4.89. The summed E-state index contributed by atoms with van der Waals surface area (Å²) < 4.78 is 41.7. The highest BCUT2D eigenvalue weighted by Crippen LogP contribution is 2.29. The minimum Gasteiger partial charge on any atom is -0.322 e. The first-order chi connectivity index (χ1) is 14.6. The van der Waals surface area contributed by atoms with E-state index >= 15 is 0 Å². The average Bonchev–Trinajstić information content (AvgIpc) is 3.09. The maximum Gasteiger partial charge on any atom is 0.258 e. The maximum atomic E-state index is 14.3. The topological polar surface area (TPSA) is 108 Å². The van der Waals surface area contributed by atoms with Crippen molar-refractivity contribution in [2.24, 2.45) is 0 Å². The van der Waals surface area contributed by atoms with Gasteiger partial charge in [0.25, 0.3) is 5.91 Å². The summed E-state index contributed by atoms with van der Waals surface area (Å²) in [6, 6.07) is 8.05. The van der Waals surface area contributed by atoms with Crippen molar-refractivity contribution in [2.75, 3.05) is 23.7 Å². The van der Waals surface area contributed by atoms with Crippen LogP contribution in [0.3, 0.4) is 0 Å². The number of fused-ring (bicyclic) bond motifs is 1. The van der Waals surface area contributed by atoms with Crippen molar-refractivity contribution in [1.29, 1.82) is 0 Å². The molecule has 0 aliphatic carbocycles. The number of rotatable bonds is 7. The highest BCUT2D eigenvalue weighted by Gasteiger charge is 2.24. The number of nitrogens with zero attached hydrogens (tertiary/aromatic N) is 2. The molecule has 0 aliphatic rings. The summed E-state index contributed by atoms with van der Waals surface area (Å²) in [4.78, 5) is 28.0. The molecule has 0 atom stereocenters.